The zero-order chi connectivity index (χ0) is 21.6. The van der Waals surface area contributed by atoms with Gasteiger partial charge in [0, 0.05) is 24.9 Å². The first kappa shape index (κ1) is 19.3. The Hall–Kier alpha value is -4.01. The third-order valence-electron chi connectivity index (χ3n) is 4.84. The first-order valence-corrected chi connectivity index (χ1v) is 8.90. The van der Waals surface area contributed by atoms with E-state index in [0.717, 1.165) is 17.7 Å². The van der Waals surface area contributed by atoms with Crippen molar-refractivity contribution in [1.29, 1.82) is 0 Å². The van der Waals surface area contributed by atoms with E-state index in [1.165, 1.54) is 46.8 Å². The molecule has 0 bridgehead atoms. The van der Waals surface area contributed by atoms with Crippen LogP contribution in [0.5, 0.6) is 0 Å². The van der Waals surface area contributed by atoms with Crippen molar-refractivity contribution >= 4 is 28.4 Å². The Labute approximate surface area is 168 Å². The molecule has 30 heavy (non-hydrogen) atoms. The minimum absolute atomic E-state index is 0.0115. The molecule has 0 aliphatic rings. The summed E-state index contributed by atoms with van der Waals surface area (Å²) in [6, 6.07) is 9.03. The number of benzene rings is 2. The smallest absolute Gasteiger partial charge is 0.335 e. The number of hydrogen-bond donors (Lipinski definition) is 2. The Morgan fingerprint density at radius 3 is 2.57 bits per heavy atom. The van der Waals surface area contributed by atoms with E-state index in [2.05, 4.69) is 10.4 Å². The number of carboxylic acid groups (broad SMARTS) is 1. The molecule has 0 radical (unpaired) electrons. The number of aromatic nitrogens is 3. The van der Waals surface area contributed by atoms with Gasteiger partial charge in [-0.05, 0) is 36.8 Å². The highest BCUT2D eigenvalue weighted by Gasteiger charge is 2.17. The highest BCUT2D eigenvalue weighted by Crippen LogP contribution is 2.29. The Morgan fingerprint density at radius 2 is 1.87 bits per heavy atom. The maximum absolute atomic E-state index is 14.3. The lowest BCUT2D eigenvalue weighted by Crippen LogP contribution is -2.19. The minimum Gasteiger partial charge on any atom is -0.478 e. The van der Waals surface area contributed by atoms with Gasteiger partial charge in [0.1, 0.15) is 17.2 Å². The average Bonchev–Trinajstić information content (AvgIpc) is 3.12. The molecule has 0 unspecified atom stereocenters. The predicted octanol–water partition coefficient (Wildman–Crippen LogP) is 3.75. The van der Waals surface area contributed by atoms with Gasteiger partial charge in [-0.2, -0.15) is 5.10 Å². The number of hydrogen-bond acceptors (Lipinski definition) is 4. The van der Waals surface area contributed by atoms with Crippen molar-refractivity contribution in [3.63, 3.8) is 0 Å². The van der Waals surface area contributed by atoms with Crippen LogP contribution in [-0.4, -0.2) is 25.4 Å². The van der Waals surface area contributed by atoms with Crippen LogP contribution in [0.3, 0.4) is 0 Å². The zero-order valence-electron chi connectivity index (χ0n) is 16.0. The number of aromatic carboxylic acids is 1. The maximum Gasteiger partial charge on any atom is 0.335 e. The van der Waals surface area contributed by atoms with E-state index in [9.17, 15) is 23.5 Å². The molecule has 7 nitrogen and oxygen atoms in total. The molecule has 0 spiro atoms. The molecule has 2 aromatic heterocycles. The number of aryl methyl sites for hydroxylation is 2. The van der Waals surface area contributed by atoms with Crippen molar-refractivity contribution in [3.8, 4) is 5.69 Å². The number of pyridine rings is 1. The fourth-order valence-electron chi connectivity index (χ4n) is 3.22. The second-order valence-electron chi connectivity index (χ2n) is 6.80. The average molecular weight is 410 g/mol. The van der Waals surface area contributed by atoms with E-state index >= 15 is 0 Å². The van der Waals surface area contributed by atoms with Crippen LogP contribution in [0.4, 0.5) is 20.2 Å². The Bertz CT molecular complexity index is 1370. The van der Waals surface area contributed by atoms with Crippen LogP contribution in [0, 0.1) is 18.6 Å². The Morgan fingerprint density at radius 1 is 1.10 bits per heavy atom. The molecule has 4 aromatic rings. The van der Waals surface area contributed by atoms with Crippen LogP contribution in [0.1, 0.15) is 15.9 Å². The second kappa shape index (κ2) is 7.11. The van der Waals surface area contributed by atoms with Crippen LogP contribution in [0.25, 0.3) is 16.7 Å². The predicted molar refractivity (Wildman–Crippen MR) is 108 cm³/mol. The van der Waals surface area contributed by atoms with Gasteiger partial charge in [-0.15, -0.1) is 0 Å². The monoisotopic (exact) mass is 410 g/mol. The molecule has 0 fully saturated rings. The van der Waals surface area contributed by atoms with Crippen LogP contribution in [-0.2, 0) is 7.05 Å². The van der Waals surface area contributed by atoms with Gasteiger partial charge < -0.3 is 10.4 Å². The van der Waals surface area contributed by atoms with Crippen molar-refractivity contribution in [2.45, 2.75) is 6.92 Å². The first-order chi connectivity index (χ1) is 14.3. The van der Waals surface area contributed by atoms with E-state index in [0.29, 0.717) is 22.4 Å². The molecule has 9 heteroatoms. The van der Waals surface area contributed by atoms with Gasteiger partial charge in [0.25, 0.3) is 5.56 Å². The van der Waals surface area contributed by atoms with Gasteiger partial charge in [-0.3, -0.25) is 9.36 Å². The van der Waals surface area contributed by atoms with Gasteiger partial charge in [-0.25, -0.2) is 18.3 Å². The Balaban J connectivity index is 1.91. The fraction of sp³-hybridized carbons (Fsp3) is 0.0952. The van der Waals surface area contributed by atoms with E-state index in [-0.39, 0.29) is 16.8 Å². The molecule has 2 N–H and O–H groups in total. The number of rotatable bonds is 4. The van der Waals surface area contributed by atoms with E-state index in [4.69, 9.17) is 0 Å². The molecule has 4 rings (SSSR count). The Kier molecular flexibility index (Phi) is 4.57. The molecule has 0 aliphatic heterocycles. The van der Waals surface area contributed by atoms with Gasteiger partial charge in [0.05, 0.1) is 22.8 Å². The highest BCUT2D eigenvalue weighted by atomic mass is 19.1. The summed E-state index contributed by atoms with van der Waals surface area (Å²) >= 11 is 0. The van der Waals surface area contributed by atoms with Gasteiger partial charge in [-0.1, -0.05) is 6.07 Å². The normalized spacial score (nSPS) is 11.1. The van der Waals surface area contributed by atoms with Gasteiger partial charge in [0.15, 0.2) is 5.82 Å². The topological polar surface area (TPSA) is 89.2 Å². The molecule has 2 aromatic carbocycles. The minimum atomic E-state index is -1.08. The number of anilines is 2. The summed E-state index contributed by atoms with van der Waals surface area (Å²) in [6.07, 6.45) is 1.45. The maximum atomic E-state index is 14.3. The van der Waals surface area contributed by atoms with E-state index < -0.39 is 17.6 Å². The summed E-state index contributed by atoms with van der Waals surface area (Å²) in [6.45, 7) is 1.80. The number of nitrogens with one attached hydrogen (secondary N) is 1. The number of carboxylic acids is 1. The van der Waals surface area contributed by atoms with Crippen LogP contribution >= 0.6 is 0 Å². The van der Waals surface area contributed by atoms with Crippen LogP contribution in [0.2, 0.25) is 0 Å². The number of halogens is 2. The lowest BCUT2D eigenvalue weighted by atomic mass is 10.1. The summed E-state index contributed by atoms with van der Waals surface area (Å²) in [7, 11) is 1.52. The molecule has 2 heterocycles. The lowest BCUT2D eigenvalue weighted by Gasteiger charge is -2.13. The van der Waals surface area contributed by atoms with Crippen molar-refractivity contribution in [3.05, 3.63) is 81.8 Å². The molecular formula is C21H16F2N4O3. The third-order valence-corrected chi connectivity index (χ3v) is 4.84. The molecule has 0 saturated carbocycles. The van der Waals surface area contributed by atoms with Crippen molar-refractivity contribution in [2.24, 2.45) is 7.05 Å². The highest BCUT2D eigenvalue weighted by molar-refractivity contribution is 5.94. The number of fused-ring (bicyclic) bond motifs is 1. The number of carbonyl (C=O) groups is 1. The number of nitrogens with zero attached hydrogens (tertiary/aromatic N) is 3. The third kappa shape index (κ3) is 3.20. The molecular weight excluding hydrogens is 394 g/mol. The standard InChI is InChI=1S/C21H16F2N4O3/c1-11-3-4-12(21(29)30)7-16(11)25-17-9-19(28)26(2)20-14(17)10-24-27(20)18-6-5-13(22)8-15(18)23/h3-10,25H,1-2H3,(H,29,30). The molecule has 0 amide bonds. The second-order valence-corrected chi connectivity index (χ2v) is 6.80. The molecule has 0 aliphatic carbocycles. The fourth-order valence-corrected chi connectivity index (χ4v) is 3.22. The van der Waals surface area contributed by atoms with E-state index in [1.807, 2.05) is 0 Å². The van der Waals surface area contributed by atoms with Crippen LogP contribution in [0.15, 0.2) is 53.5 Å². The van der Waals surface area contributed by atoms with Crippen molar-refractivity contribution in [1.82, 2.24) is 14.3 Å². The van der Waals surface area contributed by atoms with Gasteiger partial charge >= 0.3 is 5.97 Å². The lowest BCUT2D eigenvalue weighted by molar-refractivity contribution is 0.0697. The zero-order valence-corrected chi connectivity index (χ0v) is 16.0. The summed E-state index contributed by atoms with van der Waals surface area (Å²) in [5.41, 5.74) is 1.64. The summed E-state index contributed by atoms with van der Waals surface area (Å²) in [5, 5.41) is 17.0. The van der Waals surface area contributed by atoms with Crippen molar-refractivity contribution < 1.29 is 18.7 Å². The quantitative estimate of drug-likeness (QED) is 0.535. The van der Waals surface area contributed by atoms with Crippen LogP contribution < -0.4 is 10.9 Å². The molecule has 152 valence electrons. The summed E-state index contributed by atoms with van der Waals surface area (Å²) in [5.74, 6) is -2.62. The molecule has 0 saturated heterocycles. The van der Waals surface area contributed by atoms with E-state index in [1.54, 1.807) is 13.0 Å². The largest absolute Gasteiger partial charge is 0.478 e. The van der Waals surface area contributed by atoms with Crippen molar-refractivity contribution in [2.75, 3.05) is 5.32 Å². The molecule has 0 atom stereocenters. The summed E-state index contributed by atoms with van der Waals surface area (Å²) < 4.78 is 30.2. The SMILES string of the molecule is Cc1ccc(C(=O)O)cc1Nc1cc(=O)n(C)c2c1cnn2-c1ccc(F)cc1F. The first-order valence-electron chi connectivity index (χ1n) is 8.90. The summed E-state index contributed by atoms with van der Waals surface area (Å²) in [4.78, 5) is 23.8. The van der Waals surface area contributed by atoms with Gasteiger partial charge in [0.2, 0.25) is 0 Å².